The molecule has 98 valence electrons. The van der Waals surface area contributed by atoms with E-state index in [1.165, 1.54) is 5.56 Å². The van der Waals surface area contributed by atoms with E-state index in [1.807, 2.05) is 25.1 Å². The van der Waals surface area contributed by atoms with Gasteiger partial charge in [-0.15, -0.1) is 0 Å². The number of fused-ring (bicyclic) bond motifs is 1. The van der Waals surface area contributed by atoms with Gasteiger partial charge in [0, 0.05) is 19.4 Å². The van der Waals surface area contributed by atoms with Gasteiger partial charge in [-0.05, 0) is 18.2 Å². The second kappa shape index (κ2) is 6.40. The number of nitrogens with one attached hydrogen (secondary N) is 2. The lowest BCUT2D eigenvalue weighted by Crippen LogP contribution is -2.35. The predicted octanol–water partition coefficient (Wildman–Crippen LogP) is 1.11. The van der Waals surface area contributed by atoms with Gasteiger partial charge in [-0.25, -0.2) is 0 Å². The summed E-state index contributed by atoms with van der Waals surface area (Å²) in [6.07, 6.45) is 1.47. The van der Waals surface area contributed by atoms with Crippen molar-refractivity contribution in [3.05, 3.63) is 29.8 Å². The zero-order valence-corrected chi connectivity index (χ0v) is 10.7. The average molecular weight is 248 g/mol. The second-order valence-electron chi connectivity index (χ2n) is 4.46. The predicted molar refractivity (Wildman–Crippen MR) is 70.7 cm³/mol. The lowest BCUT2D eigenvalue weighted by atomic mass is 10.1. The van der Waals surface area contributed by atoms with Crippen LogP contribution in [0.3, 0.4) is 0 Å². The third-order valence-corrected chi connectivity index (χ3v) is 3.02. The number of carbonyl (C=O) groups excluding carboxylic acids is 1. The molecule has 18 heavy (non-hydrogen) atoms. The minimum absolute atomic E-state index is 0.0745. The van der Waals surface area contributed by atoms with Gasteiger partial charge in [0.05, 0.1) is 6.54 Å². The van der Waals surface area contributed by atoms with Crippen molar-refractivity contribution < 1.29 is 9.53 Å². The molecule has 1 unspecified atom stereocenters. The molecular formula is C14H20N2O2. The highest BCUT2D eigenvalue weighted by molar-refractivity contribution is 5.76. The van der Waals surface area contributed by atoms with E-state index in [1.54, 1.807) is 0 Å². The zero-order chi connectivity index (χ0) is 12.8. The molecule has 1 aliphatic heterocycles. The first-order valence-corrected chi connectivity index (χ1v) is 6.51. The molecule has 0 radical (unpaired) electrons. The summed E-state index contributed by atoms with van der Waals surface area (Å²) in [5.41, 5.74) is 1.23. The summed E-state index contributed by atoms with van der Waals surface area (Å²) in [5, 5.41) is 6.04. The number of amides is 1. The highest BCUT2D eigenvalue weighted by atomic mass is 16.5. The van der Waals surface area contributed by atoms with Crippen molar-refractivity contribution >= 4 is 5.91 Å². The van der Waals surface area contributed by atoms with E-state index >= 15 is 0 Å². The Morgan fingerprint density at radius 1 is 1.44 bits per heavy atom. The smallest absolute Gasteiger partial charge is 0.221 e. The van der Waals surface area contributed by atoms with Crippen molar-refractivity contribution in [3.8, 4) is 5.75 Å². The second-order valence-corrected chi connectivity index (χ2v) is 4.46. The largest absolute Gasteiger partial charge is 0.488 e. The molecule has 0 saturated carbocycles. The van der Waals surface area contributed by atoms with E-state index < -0.39 is 0 Å². The van der Waals surface area contributed by atoms with Gasteiger partial charge >= 0.3 is 0 Å². The van der Waals surface area contributed by atoms with Crippen molar-refractivity contribution in [1.29, 1.82) is 0 Å². The van der Waals surface area contributed by atoms with Crippen molar-refractivity contribution in [2.45, 2.75) is 25.9 Å². The fraction of sp³-hybridized carbons (Fsp3) is 0.500. The molecule has 4 nitrogen and oxygen atoms in total. The molecule has 1 aromatic rings. The van der Waals surface area contributed by atoms with Gasteiger partial charge in [-0.2, -0.15) is 0 Å². The summed E-state index contributed by atoms with van der Waals surface area (Å²) in [7, 11) is 0. The SMILES string of the molecule is CCNCCC(=O)NCC1Cc2ccccc2O1. The maximum absolute atomic E-state index is 11.5. The van der Waals surface area contributed by atoms with Gasteiger partial charge in [-0.3, -0.25) is 4.79 Å². The maximum atomic E-state index is 11.5. The molecule has 0 aliphatic carbocycles. The molecule has 0 spiro atoms. The van der Waals surface area contributed by atoms with E-state index in [0.717, 1.165) is 25.3 Å². The first kappa shape index (κ1) is 12.9. The number of carbonyl (C=O) groups is 1. The topological polar surface area (TPSA) is 50.4 Å². The molecule has 1 aromatic carbocycles. The normalized spacial score (nSPS) is 17.1. The molecule has 0 saturated heterocycles. The summed E-state index contributed by atoms with van der Waals surface area (Å²) in [4.78, 5) is 11.5. The Bertz CT molecular complexity index is 382. The number of ether oxygens (including phenoxy) is 1. The Morgan fingerprint density at radius 2 is 2.28 bits per heavy atom. The van der Waals surface area contributed by atoms with E-state index in [2.05, 4.69) is 16.7 Å². The lowest BCUT2D eigenvalue weighted by molar-refractivity contribution is -0.121. The van der Waals surface area contributed by atoms with Gasteiger partial charge in [0.25, 0.3) is 0 Å². The summed E-state index contributed by atoms with van der Waals surface area (Å²) in [6.45, 7) is 4.24. The molecular weight excluding hydrogens is 228 g/mol. The highest BCUT2D eigenvalue weighted by Gasteiger charge is 2.22. The number of para-hydroxylation sites is 1. The van der Waals surface area contributed by atoms with Crippen LogP contribution in [0.25, 0.3) is 0 Å². The third kappa shape index (κ3) is 3.47. The van der Waals surface area contributed by atoms with Crippen LogP contribution in [0.5, 0.6) is 5.75 Å². The fourth-order valence-corrected chi connectivity index (χ4v) is 2.06. The minimum Gasteiger partial charge on any atom is -0.488 e. The lowest BCUT2D eigenvalue weighted by Gasteiger charge is -2.11. The van der Waals surface area contributed by atoms with Gasteiger partial charge in [-0.1, -0.05) is 25.1 Å². The van der Waals surface area contributed by atoms with Crippen LogP contribution in [0.2, 0.25) is 0 Å². The Labute approximate surface area is 108 Å². The van der Waals surface area contributed by atoms with Crippen LogP contribution >= 0.6 is 0 Å². The standard InChI is InChI=1S/C14H20N2O2/c1-2-15-8-7-14(17)16-10-12-9-11-5-3-4-6-13(11)18-12/h3-6,12,15H,2,7-10H2,1H3,(H,16,17). The molecule has 1 atom stereocenters. The average Bonchev–Trinajstić information content (AvgIpc) is 2.79. The Hall–Kier alpha value is -1.55. The fourth-order valence-electron chi connectivity index (χ4n) is 2.06. The molecule has 2 N–H and O–H groups in total. The number of benzene rings is 1. The Balaban J connectivity index is 1.69. The molecule has 4 heteroatoms. The molecule has 0 aromatic heterocycles. The van der Waals surface area contributed by atoms with E-state index in [-0.39, 0.29) is 12.0 Å². The summed E-state index contributed by atoms with van der Waals surface area (Å²) < 4.78 is 5.75. The molecule has 0 bridgehead atoms. The Morgan fingerprint density at radius 3 is 3.06 bits per heavy atom. The van der Waals surface area contributed by atoms with E-state index in [0.29, 0.717) is 13.0 Å². The van der Waals surface area contributed by atoms with Crippen LogP contribution in [-0.2, 0) is 11.2 Å². The van der Waals surface area contributed by atoms with Crippen LogP contribution in [-0.4, -0.2) is 31.6 Å². The molecule has 1 amide bonds. The van der Waals surface area contributed by atoms with Crippen molar-refractivity contribution in [2.75, 3.05) is 19.6 Å². The van der Waals surface area contributed by atoms with Crippen molar-refractivity contribution in [3.63, 3.8) is 0 Å². The monoisotopic (exact) mass is 248 g/mol. The summed E-state index contributed by atoms with van der Waals surface area (Å²) in [5.74, 6) is 1.03. The number of hydrogen-bond donors (Lipinski definition) is 2. The first-order chi connectivity index (χ1) is 8.79. The van der Waals surface area contributed by atoms with Crippen LogP contribution in [0.1, 0.15) is 18.9 Å². The summed E-state index contributed by atoms with van der Waals surface area (Å²) in [6, 6.07) is 8.03. The van der Waals surface area contributed by atoms with E-state index in [4.69, 9.17) is 4.74 Å². The summed E-state index contributed by atoms with van der Waals surface area (Å²) >= 11 is 0. The molecule has 0 fully saturated rings. The maximum Gasteiger partial charge on any atom is 0.221 e. The van der Waals surface area contributed by atoms with Gasteiger partial charge in [0.2, 0.25) is 5.91 Å². The molecule has 2 rings (SSSR count). The number of rotatable bonds is 6. The quantitative estimate of drug-likeness (QED) is 0.741. The van der Waals surface area contributed by atoms with Gasteiger partial charge in [0.1, 0.15) is 11.9 Å². The van der Waals surface area contributed by atoms with Crippen LogP contribution < -0.4 is 15.4 Å². The zero-order valence-electron chi connectivity index (χ0n) is 10.7. The third-order valence-electron chi connectivity index (χ3n) is 3.02. The van der Waals surface area contributed by atoms with Crippen molar-refractivity contribution in [2.24, 2.45) is 0 Å². The van der Waals surface area contributed by atoms with Gasteiger partial charge in [0.15, 0.2) is 0 Å². The van der Waals surface area contributed by atoms with Crippen LogP contribution in [0.4, 0.5) is 0 Å². The van der Waals surface area contributed by atoms with Crippen LogP contribution in [0.15, 0.2) is 24.3 Å². The minimum atomic E-state index is 0.0745. The van der Waals surface area contributed by atoms with Crippen LogP contribution in [0, 0.1) is 0 Å². The Kier molecular flexibility index (Phi) is 4.59. The van der Waals surface area contributed by atoms with Crippen molar-refractivity contribution in [1.82, 2.24) is 10.6 Å². The van der Waals surface area contributed by atoms with E-state index in [9.17, 15) is 4.79 Å². The highest BCUT2D eigenvalue weighted by Crippen LogP contribution is 2.27. The number of hydrogen-bond acceptors (Lipinski definition) is 3. The molecule has 1 aliphatic rings. The molecule has 1 heterocycles. The first-order valence-electron chi connectivity index (χ1n) is 6.51. The van der Waals surface area contributed by atoms with Gasteiger partial charge < -0.3 is 15.4 Å².